The second-order valence-corrected chi connectivity index (χ2v) is 9.88. The van der Waals surface area contributed by atoms with Crippen molar-refractivity contribution in [1.82, 2.24) is 4.72 Å². The third-order valence-electron chi connectivity index (χ3n) is 5.35. The molecule has 33 heavy (non-hydrogen) atoms. The van der Waals surface area contributed by atoms with Crippen molar-refractivity contribution >= 4 is 37.7 Å². The van der Waals surface area contributed by atoms with Gasteiger partial charge in [0.05, 0.1) is 10.3 Å². The van der Waals surface area contributed by atoms with Gasteiger partial charge in [0.15, 0.2) is 0 Å². The van der Waals surface area contributed by atoms with E-state index in [4.69, 9.17) is 9.15 Å². The van der Waals surface area contributed by atoms with Crippen LogP contribution >= 0.6 is 0 Å². The van der Waals surface area contributed by atoms with Gasteiger partial charge in [-0.25, -0.2) is 18.0 Å². The molecule has 0 radical (unpaired) electrons. The van der Waals surface area contributed by atoms with Crippen LogP contribution in [0.2, 0.25) is 0 Å². The summed E-state index contributed by atoms with van der Waals surface area (Å²) in [5.41, 5.74) is 0.697. The number of hydrogen-bond donors (Lipinski definition) is 1. The Morgan fingerprint density at radius 1 is 0.939 bits per heavy atom. The van der Waals surface area contributed by atoms with Crippen LogP contribution in [-0.2, 0) is 14.8 Å². The first-order valence-corrected chi connectivity index (χ1v) is 11.9. The number of nitrogens with one attached hydrogen (secondary N) is 1. The molecule has 0 saturated heterocycles. The third-order valence-corrected chi connectivity index (χ3v) is 6.80. The fraction of sp³-hybridized carbons (Fsp3) is 0.200. The van der Waals surface area contributed by atoms with Crippen LogP contribution in [0.5, 0.6) is 5.75 Å². The van der Waals surface area contributed by atoms with Crippen molar-refractivity contribution in [1.29, 1.82) is 0 Å². The number of fused-ring (bicyclic) bond motifs is 3. The number of sulfonamides is 1. The summed E-state index contributed by atoms with van der Waals surface area (Å²) < 4.78 is 38.9. The van der Waals surface area contributed by atoms with Gasteiger partial charge < -0.3 is 9.15 Å². The smallest absolute Gasteiger partial charge is 0.344 e. The Bertz CT molecular complexity index is 1500. The maximum Gasteiger partial charge on any atom is 0.344 e. The number of ether oxygens (including phenoxy) is 1. The molecule has 0 bridgehead atoms. The van der Waals surface area contributed by atoms with E-state index in [9.17, 15) is 18.0 Å². The molecule has 0 saturated carbocycles. The minimum Gasteiger partial charge on any atom is -0.425 e. The molecule has 3 aromatic carbocycles. The van der Waals surface area contributed by atoms with E-state index < -0.39 is 27.7 Å². The van der Waals surface area contributed by atoms with Crippen LogP contribution in [0.25, 0.3) is 21.7 Å². The van der Waals surface area contributed by atoms with E-state index in [0.717, 1.165) is 10.9 Å². The van der Waals surface area contributed by atoms with E-state index in [1.165, 1.54) is 18.2 Å². The largest absolute Gasteiger partial charge is 0.425 e. The zero-order valence-electron chi connectivity index (χ0n) is 18.4. The average molecular weight is 466 g/mol. The van der Waals surface area contributed by atoms with Crippen LogP contribution in [-0.4, -0.2) is 20.4 Å². The van der Waals surface area contributed by atoms with Gasteiger partial charge in [-0.1, -0.05) is 49.7 Å². The number of benzene rings is 3. The molecule has 1 atom stereocenters. The Hall–Kier alpha value is -3.49. The number of aryl methyl sites for hydroxylation is 1. The lowest BCUT2D eigenvalue weighted by Gasteiger charge is -2.21. The summed E-state index contributed by atoms with van der Waals surface area (Å²) in [7, 11) is -3.93. The van der Waals surface area contributed by atoms with E-state index in [2.05, 4.69) is 4.72 Å². The second-order valence-electron chi connectivity index (χ2n) is 8.17. The van der Waals surface area contributed by atoms with Crippen LogP contribution in [0.3, 0.4) is 0 Å². The molecule has 8 heteroatoms. The van der Waals surface area contributed by atoms with E-state index in [1.54, 1.807) is 50.2 Å². The summed E-state index contributed by atoms with van der Waals surface area (Å²) in [6, 6.07) is 17.0. The standard InChI is InChI=1S/C25H23NO6S/c1-15(2)23(26-33(29,30)18-11-8-16(3)9-12-18)25(28)31-17-10-13-20-19-6-4-5-7-21(19)24(27)32-22(20)14-17/h4-15,23,26H,1-3H3. The first-order chi connectivity index (χ1) is 15.7. The number of esters is 1. The maximum absolute atomic E-state index is 12.9. The summed E-state index contributed by atoms with van der Waals surface area (Å²) in [5.74, 6) is -0.991. The second kappa shape index (κ2) is 8.80. The van der Waals surface area contributed by atoms with Gasteiger partial charge in [0.25, 0.3) is 0 Å². The molecule has 0 fully saturated rings. The van der Waals surface area contributed by atoms with Gasteiger partial charge in [0, 0.05) is 11.5 Å². The van der Waals surface area contributed by atoms with Crippen LogP contribution in [0.4, 0.5) is 0 Å². The van der Waals surface area contributed by atoms with E-state index >= 15 is 0 Å². The highest BCUT2D eigenvalue weighted by atomic mass is 32.2. The fourth-order valence-corrected chi connectivity index (χ4v) is 4.85. The summed E-state index contributed by atoms with van der Waals surface area (Å²) in [5, 5.41) is 1.89. The Kier molecular flexibility index (Phi) is 6.05. The van der Waals surface area contributed by atoms with Crippen molar-refractivity contribution in [2.75, 3.05) is 0 Å². The van der Waals surface area contributed by atoms with Crippen molar-refractivity contribution in [3.05, 3.63) is 82.7 Å². The molecule has 1 aromatic heterocycles. The van der Waals surface area contributed by atoms with E-state index in [1.807, 2.05) is 19.1 Å². The predicted octanol–water partition coefficient (Wildman–Crippen LogP) is 4.16. The maximum atomic E-state index is 12.9. The van der Waals surface area contributed by atoms with Crippen LogP contribution < -0.4 is 15.1 Å². The molecule has 0 amide bonds. The minimum atomic E-state index is -3.93. The SMILES string of the molecule is Cc1ccc(S(=O)(=O)NC(C(=O)Oc2ccc3c(c2)oc(=O)c2ccccc23)C(C)C)cc1. The quantitative estimate of drug-likeness (QED) is 0.199. The third kappa shape index (κ3) is 4.67. The minimum absolute atomic E-state index is 0.0610. The van der Waals surface area contributed by atoms with Crippen molar-refractivity contribution in [3.63, 3.8) is 0 Å². The van der Waals surface area contributed by atoms with Crippen LogP contribution in [0.15, 0.2) is 80.8 Å². The lowest BCUT2D eigenvalue weighted by Crippen LogP contribution is -2.46. The lowest BCUT2D eigenvalue weighted by molar-refractivity contribution is -0.137. The summed E-state index contributed by atoms with van der Waals surface area (Å²) in [6.45, 7) is 5.29. The van der Waals surface area contributed by atoms with Crippen molar-refractivity contribution in [2.24, 2.45) is 5.92 Å². The van der Waals surface area contributed by atoms with Gasteiger partial charge in [0.1, 0.15) is 17.4 Å². The van der Waals surface area contributed by atoms with Crippen molar-refractivity contribution in [3.8, 4) is 5.75 Å². The van der Waals surface area contributed by atoms with Gasteiger partial charge in [0.2, 0.25) is 10.0 Å². The lowest BCUT2D eigenvalue weighted by atomic mass is 10.1. The van der Waals surface area contributed by atoms with Gasteiger partial charge in [-0.2, -0.15) is 4.72 Å². The molecule has 0 aliphatic heterocycles. The van der Waals surface area contributed by atoms with Crippen molar-refractivity contribution < 1.29 is 22.4 Å². The van der Waals surface area contributed by atoms with E-state index in [0.29, 0.717) is 10.8 Å². The number of rotatable bonds is 6. The topological polar surface area (TPSA) is 103 Å². The zero-order valence-corrected chi connectivity index (χ0v) is 19.2. The van der Waals surface area contributed by atoms with Gasteiger partial charge >= 0.3 is 11.6 Å². The Labute approximate surface area is 191 Å². The number of carbonyl (C=O) groups excluding carboxylic acids is 1. The zero-order chi connectivity index (χ0) is 23.8. The normalized spacial score (nSPS) is 12.8. The molecule has 0 spiro atoms. The summed E-state index contributed by atoms with van der Waals surface area (Å²) in [6.07, 6.45) is 0. The Morgan fingerprint density at radius 2 is 1.61 bits per heavy atom. The predicted molar refractivity (Wildman–Crippen MR) is 126 cm³/mol. The Balaban J connectivity index is 1.61. The monoisotopic (exact) mass is 465 g/mol. The van der Waals surface area contributed by atoms with Gasteiger partial charge in [-0.15, -0.1) is 0 Å². The number of carbonyl (C=O) groups is 1. The van der Waals surface area contributed by atoms with Crippen LogP contribution in [0.1, 0.15) is 19.4 Å². The fourth-order valence-electron chi connectivity index (χ4n) is 3.51. The number of hydrogen-bond acceptors (Lipinski definition) is 6. The molecule has 0 aliphatic carbocycles. The molecule has 4 aromatic rings. The van der Waals surface area contributed by atoms with Crippen LogP contribution in [0, 0.1) is 12.8 Å². The molecule has 4 rings (SSSR count). The Morgan fingerprint density at radius 3 is 2.27 bits per heavy atom. The van der Waals surface area contributed by atoms with Gasteiger partial charge in [-0.05, 0) is 48.6 Å². The molecule has 1 N–H and O–H groups in total. The van der Waals surface area contributed by atoms with Gasteiger partial charge in [-0.3, -0.25) is 0 Å². The molecule has 7 nitrogen and oxygen atoms in total. The highest BCUT2D eigenvalue weighted by Crippen LogP contribution is 2.27. The van der Waals surface area contributed by atoms with E-state index in [-0.39, 0.29) is 22.1 Å². The highest BCUT2D eigenvalue weighted by Gasteiger charge is 2.30. The summed E-state index contributed by atoms with van der Waals surface area (Å²) in [4.78, 5) is 25.2. The molecular weight excluding hydrogens is 442 g/mol. The summed E-state index contributed by atoms with van der Waals surface area (Å²) >= 11 is 0. The molecule has 170 valence electrons. The molecule has 1 unspecified atom stereocenters. The average Bonchev–Trinajstić information content (AvgIpc) is 2.77. The first kappa shape index (κ1) is 22.7. The van der Waals surface area contributed by atoms with Crippen molar-refractivity contribution in [2.45, 2.75) is 31.7 Å². The molecule has 0 aliphatic rings. The molecule has 1 heterocycles. The first-order valence-electron chi connectivity index (χ1n) is 10.4. The highest BCUT2D eigenvalue weighted by molar-refractivity contribution is 7.89. The molecular formula is C25H23NO6S.